The zero-order chi connectivity index (χ0) is 11.5. The van der Waals surface area contributed by atoms with Crippen LogP contribution < -0.4 is 5.56 Å². The molecule has 0 spiro atoms. The molecule has 0 amide bonds. The van der Waals surface area contributed by atoms with Gasteiger partial charge in [0.05, 0.1) is 6.07 Å². The van der Waals surface area contributed by atoms with Gasteiger partial charge in [-0.2, -0.15) is 10.1 Å². The summed E-state index contributed by atoms with van der Waals surface area (Å²) in [4.78, 5) is 17.6. The minimum atomic E-state index is -0.383. The van der Waals surface area contributed by atoms with Crippen molar-refractivity contribution in [2.75, 3.05) is 0 Å². The van der Waals surface area contributed by atoms with E-state index in [1.165, 1.54) is 0 Å². The van der Waals surface area contributed by atoms with Crippen molar-refractivity contribution in [1.29, 1.82) is 0 Å². The van der Waals surface area contributed by atoms with E-state index in [9.17, 15) is 9.90 Å². The first kappa shape index (κ1) is 10.4. The Morgan fingerprint density at radius 1 is 1.56 bits per heavy atom. The highest BCUT2D eigenvalue weighted by Gasteiger charge is 2.08. The summed E-state index contributed by atoms with van der Waals surface area (Å²) >= 11 is 0. The van der Waals surface area contributed by atoms with Crippen molar-refractivity contribution in [2.24, 2.45) is 0 Å². The number of nitrogens with zero attached hydrogens (tertiary/aromatic N) is 3. The number of H-pyrrole nitrogens is 1. The van der Waals surface area contributed by atoms with Gasteiger partial charge in [0.25, 0.3) is 5.56 Å². The normalized spacial score (nSPS) is 10.6. The average molecular weight is 220 g/mol. The molecule has 0 bridgehead atoms. The van der Waals surface area contributed by atoms with E-state index in [0.29, 0.717) is 11.5 Å². The van der Waals surface area contributed by atoms with Gasteiger partial charge in [-0.1, -0.05) is 6.92 Å². The number of rotatable bonds is 3. The molecule has 0 saturated heterocycles. The molecule has 0 fully saturated rings. The summed E-state index contributed by atoms with van der Waals surface area (Å²) in [6.45, 7) is 2.77. The molecule has 84 valence electrons. The van der Waals surface area contributed by atoms with Crippen LogP contribution >= 0.6 is 0 Å². The summed E-state index contributed by atoms with van der Waals surface area (Å²) in [5, 5.41) is 13.4. The first-order valence-corrected chi connectivity index (χ1v) is 5.03. The topological polar surface area (TPSA) is 83.8 Å². The smallest absolute Gasteiger partial charge is 0.255 e. The maximum Gasteiger partial charge on any atom is 0.255 e. The monoisotopic (exact) mass is 220 g/mol. The molecule has 0 radical (unpaired) electrons. The van der Waals surface area contributed by atoms with E-state index in [1.807, 2.05) is 6.92 Å². The fraction of sp³-hybridized carbons (Fsp3) is 0.300. The Morgan fingerprint density at radius 2 is 2.38 bits per heavy atom. The summed E-state index contributed by atoms with van der Waals surface area (Å²) in [6, 6.07) is 2.78. The van der Waals surface area contributed by atoms with Crippen molar-refractivity contribution < 1.29 is 5.11 Å². The number of aromatic nitrogens is 4. The van der Waals surface area contributed by atoms with Gasteiger partial charge in [-0.15, -0.1) is 0 Å². The van der Waals surface area contributed by atoms with E-state index >= 15 is 0 Å². The molecule has 0 aliphatic rings. The van der Waals surface area contributed by atoms with Crippen LogP contribution in [0.2, 0.25) is 0 Å². The fourth-order valence-corrected chi connectivity index (χ4v) is 1.49. The summed E-state index contributed by atoms with van der Waals surface area (Å²) in [5.74, 6) is 0.0407. The van der Waals surface area contributed by atoms with Gasteiger partial charge in [-0.25, -0.2) is 0 Å². The van der Waals surface area contributed by atoms with Crippen molar-refractivity contribution >= 4 is 0 Å². The molecule has 0 aliphatic carbocycles. The zero-order valence-corrected chi connectivity index (χ0v) is 8.84. The summed E-state index contributed by atoms with van der Waals surface area (Å²) in [5.41, 5.74) is 0.307. The van der Waals surface area contributed by atoms with Crippen molar-refractivity contribution in [3.63, 3.8) is 0 Å². The average Bonchev–Trinajstić information content (AvgIpc) is 2.65. The van der Waals surface area contributed by atoms with Gasteiger partial charge in [-0.05, 0) is 12.5 Å². The zero-order valence-electron chi connectivity index (χ0n) is 8.84. The van der Waals surface area contributed by atoms with Gasteiger partial charge in [0.1, 0.15) is 5.69 Å². The SMILES string of the molecule is CCCn1nccc1-c1nc(O)cc(=O)[nH]1. The molecule has 16 heavy (non-hydrogen) atoms. The highest BCUT2D eigenvalue weighted by molar-refractivity contribution is 5.49. The standard InChI is InChI=1S/C10H12N4O2/c1-2-5-14-7(3-4-11-14)10-12-8(15)6-9(16)13-10/h3-4,6H,2,5H2,1H3,(H2,12,13,15,16). The molecule has 0 aromatic carbocycles. The Hall–Kier alpha value is -2.11. The van der Waals surface area contributed by atoms with Crippen molar-refractivity contribution in [3.05, 3.63) is 28.7 Å². The molecule has 0 saturated carbocycles. The molecule has 2 N–H and O–H groups in total. The molecule has 2 aromatic heterocycles. The van der Waals surface area contributed by atoms with E-state index in [-0.39, 0.29) is 11.4 Å². The third-order valence-electron chi connectivity index (χ3n) is 2.12. The van der Waals surface area contributed by atoms with E-state index in [4.69, 9.17) is 0 Å². The van der Waals surface area contributed by atoms with Crippen LogP contribution in [0.25, 0.3) is 11.5 Å². The van der Waals surface area contributed by atoms with Crippen LogP contribution in [-0.4, -0.2) is 24.9 Å². The van der Waals surface area contributed by atoms with Crippen molar-refractivity contribution in [3.8, 4) is 17.4 Å². The first-order valence-electron chi connectivity index (χ1n) is 5.03. The van der Waals surface area contributed by atoms with Crippen molar-refractivity contribution in [1.82, 2.24) is 19.7 Å². The molecule has 6 nitrogen and oxygen atoms in total. The predicted molar refractivity (Wildman–Crippen MR) is 58.0 cm³/mol. The number of hydrogen-bond acceptors (Lipinski definition) is 4. The lowest BCUT2D eigenvalue weighted by Gasteiger charge is -2.04. The molecule has 6 heteroatoms. The van der Waals surface area contributed by atoms with Crippen LogP contribution in [0, 0.1) is 0 Å². The number of hydrogen-bond donors (Lipinski definition) is 2. The lowest BCUT2D eigenvalue weighted by Crippen LogP contribution is -2.10. The Labute approximate surface area is 91.6 Å². The van der Waals surface area contributed by atoms with Crippen LogP contribution in [0.1, 0.15) is 13.3 Å². The Kier molecular flexibility index (Phi) is 2.72. The van der Waals surface area contributed by atoms with Crippen LogP contribution in [0.3, 0.4) is 0 Å². The number of aryl methyl sites for hydroxylation is 1. The quantitative estimate of drug-likeness (QED) is 0.799. The minimum absolute atomic E-state index is 0.289. The second kappa shape index (κ2) is 4.18. The maximum atomic E-state index is 11.2. The van der Waals surface area contributed by atoms with E-state index in [1.54, 1.807) is 16.9 Å². The van der Waals surface area contributed by atoms with Crippen LogP contribution in [0.4, 0.5) is 0 Å². The largest absolute Gasteiger partial charge is 0.493 e. The highest BCUT2D eigenvalue weighted by Crippen LogP contribution is 2.14. The fourth-order valence-electron chi connectivity index (χ4n) is 1.49. The van der Waals surface area contributed by atoms with Gasteiger partial charge in [-0.3, -0.25) is 9.48 Å². The third kappa shape index (κ3) is 1.95. The molecule has 2 rings (SSSR count). The molecule has 2 heterocycles. The summed E-state index contributed by atoms with van der Waals surface area (Å²) in [7, 11) is 0. The van der Waals surface area contributed by atoms with Gasteiger partial charge in [0.2, 0.25) is 5.88 Å². The number of nitrogens with one attached hydrogen (secondary N) is 1. The van der Waals surface area contributed by atoms with Crippen LogP contribution in [-0.2, 0) is 6.54 Å². The maximum absolute atomic E-state index is 11.2. The number of aromatic hydroxyl groups is 1. The Morgan fingerprint density at radius 3 is 3.06 bits per heavy atom. The molecular weight excluding hydrogens is 208 g/mol. The van der Waals surface area contributed by atoms with Gasteiger partial charge >= 0.3 is 0 Å². The molecule has 0 unspecified atom stereocenters. The van der Waals surface area contributed by atoms with Crippen LogP contribution in [0.5, 0.6) is 5.88 Å². The highest BCUT2D eigenvalue weighted by atomic mass is 16.3. The minimum Gasteiger partial charge on any atom is -0.493 e. The number of aromatic amines is 1. The molecule has 2 aromatic rings. The summed E-state index contributed by atoms with van der Waals surface area (Å²) < 4.78 is 1.73. The van der Waals surface area contributed by atoms with E-state index in [2.05, 4.69) is 15.1 Å². The Bertz CT molecular complexity index is 544. The lowest BCUT2D eigenvalue weighted by molar-refractivity contribution is 0.451. The van der Waals surface area contributed by atoms with Gasteiger partial charge < -0.3 is 10.1 Å². The molecular formula is C10H12N4O2. The summed E-state index contributed by atoms with van der Waals surface area (Å²) in [6.07, 6.45) is 2.56. The van der Waals surface area contributed by atoms with E-state index < -0.39 is 0 Å². The van der Waals surface area contributed by atoms with Crippen LogP contribution in [0.15, 0.2) is 23.1 Å². The van der Waals surface area contributed by atoms with Crippen molar-refractivity contribution in [2.45, 2.75) is 19.9 Å². The second-order valence-corrected chi connectivity index (χ2v) is 3.39. The van der Waals surface area contributed by atoms with Gasteiger partial charge in [0.15, 0.2) is 5.82 Å². The second-order valence-electron chi connectivity index (χ2n) is 3.39. The molecule has 0 aliphatic heterocycles. The van der Waals surface area contributed by atoms with E-state index in [0.717, 1.165) is 19.0 Å². The van der Waals surface area contributed by atoms with Gasteiger partial charge in [0, 0.05) is 12.7 Å². The molecule has 0 atom stereocenters. The Balaban J connectivity index is 2.49. The first-order chi connectivity index (χ1) is 7.70. The third-order valence-corrected chi connectivity index (χ3v) is 2.12. The lowest BCUT2D eigenvalue weighted by atomic mass is 10.3. The predicted octanol–water partition coefficient (Wildman–Crippen LogP) is 0.749.